The monoisotopic (exact) mass is 708 g/mol. The number of methoxy groups -OCH3 is 4. The van der Waals surface area contributed by atoms with Gasteiger partial charge in [0.2, 0.25) is 0 Å². The van der Waals surface area contributed by atoms with E-state index >= 15 is 0 Å². The maximum Gasteiger partial charge on any atom is 0.118 e. The third-order valence-corrected chi connectivity index (χ3v) is 9.26. The van der Waals surface area contributed by atoms with Gasteiger partial charge in [-0.15, -0.1) is 0 Å². The Hall–Kier alpha value is -6.92. The Morgan fingerprint density at radius 3 is 0.667 bits per heavy atom. The number of rotatable bonds is 8. The average molecular weight is 709 g/mol. The molecule has 0 N–H and O–H groups in total. The van der Waals surface area contributed by atoms with Crippen molar-refractivity contribution in [2.75, 3.05) is 28.4 Å². The van der Waals surface area contributed by atoms with E-state index in [9.17, 15) is 0 Å². The van der Waals surface area contributed by atoms with Gasteiger partial charge in [0.1, 0.15) is 23.0 Å². The quantitative estimate of drug-likeness (QED) is 0.157. The zero-order valence-electron chi connectivity index (χ0n) is 30.7. The second kappa shape index (κ2) is 16.6. The summed E-state index contributed by atoms with van der Waals surface area (Å²) < 4.78 is 21.8. The molecule has 3 heterocycles. The Bertz CT molecular complexity index is 2060. The number of nitrogens with zero attached hydrogens (tertiary/aromatic N) is 2. The van der Waals surface area contributed by atoms with Crippen molar-refractivity contribution in [2.24, 2.45) is 0 Å². The maximum absolute atomic E-state index is 5.46. The van der Waals surface area contributed by atoms with Gasteiger partial charge in [0.05, 0.1) is 51.2 Å². The van der Waals surface area contributed by atoms with E-state index in [1.807, 2.05) is 48.5 Å². The fraction of sp³-hybridized carbons (Fsp3) is 0.0833. The van der Waals surface area contributed by atoms with Crippen LogP contribution in [0.1, 0.15) is 22.8 Å². The van der Waals surface area contributed by atoms with Gasteiger partial charge < -0.3 is 18.9 Å². The van der Waals surface area contributed by atoms with Crippen molar-refractivity contribution in [2.45, 2.75) is 0 Å². The number of aromatic nitrogens is 2. The molecule has 0 amide bonds. The first kappa shape index (κ1) is 35.5. The highest BCUT2D eigenvalue weighted by molar-refractivity contribution is 5.87. The van der Waals surface area contributed by atoms with E-state index in [4.69, 9.17) is 28.9 Å². The van der Waals surface area contributed by atoms with Crippen LogP contribution >= 0.6 is 0 Å². The first-order valence-electron chi connectivity index (χ1n) is 17.6. The van der Waals surface area contributed by atoms with Gasteiger partial charge in [-0.05, 0) is 95.1 Å². The van der Waals surface area contributed by atoms with Crippen molar-refractivity contribution in [1.82, 2.24) is 9.97 Å². The van der Waals surface area contributed by atoms with Crippen molar-refractivity contribution in [3.05, 3.63) is 168 Å². The van der Waals surface area contributed by atoms with Crippen LogP contribution in [0.4, 0.5) is 0 Å². The minimum Gasteiger partial charge on any atom is -0.497 e. The lowest BCUT2D eigenvalue weighted by molar-refractivity contribution is 0.415. The molecule has 0 spiro atoms. The highest BCUT2D eigenvalue weighted by Crippen LogP contribution is 2.33. The molecule has 2 aliphatic heterocycles. The SMILES string of the molecule is COc1ccc(-c2ccccc(-c3ccc(OC)cc3)c3nc(c(-c4ccc(OC)cc4)ccccc(-c4ccc(OC)cc4)c4nc2C=C4)C=C3)cc1. The van der Waals surface area contributed by atoms with Gasteiger partial charge in [-0.25, -0.2) is 9.97 Å². The largest absolute Gasteiger partial charge is 0.497 e. The van der Waals surface area contributed by atoms with Crippen molar-refractivity contribution < 1.29 is 18.9 Å². The molecule has 0 aliphatic carbocycles. The van der Waals surface area contributed by atoms with Gasteiger partial charge in [0.15, 0.2) is 0 Å². The molecule has 4 aromatic carbocycles. The van der Waals surface area contributed by atoms with Crippen LogP contribution in [0.3, 0.4) is 0 Å². The molecule has 0 unspecified atom stereocenters. The molecule has 0 radical (unpaired) electrons. The summed E-state index contributed by atoms with van der Waals surface area (Å²) in [6, 6.07) is 48.8. The molecule has 5 aromatic rings. The summed E-state index contributed by atoms with van der Waals surface area (Å²) in [5.41, 5.74) is 11.4. The molecule has 4 bridgehead atoms. The average Bonchev–Trinajstić information content (AvgIpc) is 3.92. The summed E-state index contributed by atoms with van der Waals surface area (Å²) in [5.74, 6) is 3.17. The van der Waals surface area contributed by atoms with E-state index in [0.717, 1.165) is 90.3 Å². The highest BCUT2D eigenvalue weighted by atomic mass is 16.5. The molecule has 0 fully saturated rings. The van der Waals surface area contributed by atoms with Crippen LogP contribution in [0.25, 0.3) is 68.8 Å². The topological polar surface area (TPSA) is 62.7 Å². The van der Waals surface area contributed by atoms with Crippen molar-refractivity contribution in [3.63, 3.8) is 0 Å². The standard InChI is InChI=1S/C48H40N2O4/c1-51-37-21-13-33(14-22-37)41-9-5-6-10-43(35-17-25-39(53-3)26-18-35)47-31-32-48(50-47)44(36-19-27-40(54-4)28-20-36)12-8-7-11-42(46-30-29-45(41)49-46)34-15-23-38(52-2)24-16-34/h5-32H,1-4H3. The van der Waals surface area contributed by atoms with Gasteiger partial charge in [0.25, 0.3) is 0 Å². The van der Waals surface area contributed by atoms with Crippen LogP contribution in [0.2, 0.25) is 0 Å². The number of benzene rings is 4. The van der Waals surface area contributed by atoms with Crippen LogP contribution in [0.5, 0.6) is 23.0 Å². The molecule has 0 saturated carbocycles. The highest BCUT2D eigenvalue weighted by Gasteiger charge is 2.13. The lowest BCUT2D eigenvalue weighted by Gasteiger charge is -2.06. The van der Waals surface area contributed by atoms with Gasteiger partial charge in [-0.1, -0.05) is 97.1 Å². The van der Waals surface area contributed by atoms with Crippen LogP contribution in [-0.2, 0) is 0 Å². The zero-order valence-corrected chi connectivity index (χ0v) is 30.7. The second-order valence-corrected chi connectivity index (χ2v) is 12.4. The molecule has 1 aromatic heterocycles. The molecular weight excluding hydrogens is 669 g/mol. The van der Waals surface area contributed by atoms with Crippen molar-refractivity contribution in [3.8, 4) is 67.5 Å². The predicted octanol–water partition coefficient (Wildman–Crippen LogP) is 11.5. The van der Waals surface area contributed by atoms with Crippen LogP contribution in [-0.4, -0.2) is 38.4 Å². The summed E-state index contributed by atoms with van der Waals surface area (Å²) in [7, 11) is 6.69. The third-order valence-electron chi connectivity index (χ3n) is 9.26. The zero-order chi connectivity index (χ0) is 37.3. The Morgan fingerprint density at radius 2 is 0.481 bits per heavy atom. The summed E-state index contributed by atoms with van der Waals surface area (Å²) in [6.07, 6.45) is 8.29. The molecule has 266 valence electrons. The van der Waals surface area contributed by atoms with Crippen molar-refractivity contribution >= 4 is 24.3 Å². The molecule has 2 aliphatic rings. The van der Waals surface area contributed by atoms with E-state index < -0.39 is 0 Å². The molecule has 0 atom stereocenters. The lowest BCUT2D eigenvalue weighted by Crippen LogP contribution is -1.87. The minimum atomic E-state index is 0.792. The fourth-order valence-corrected chi connectivity index (χ4v) is 6.33. The van der Waals surface area contributed by atoms with Crippen LogP contribution < -0.4 is 18.9 Å². The number of hydrogen-bond donors (Lipinski definition) is 0. The molecule has 6 nitrogen and oxygen atoms in total. The van der Waals surface area contributed by atoms with E-state index in [1.54, 1.807) is 28.4 Å². The normalized spacial score (nSPS) is 11.2. The minimum absolute atomic E-state index is 0.792. The predicted molar refractivity (Wildman–Crippen MR) is 221 cm³/mol. The van der Waals surface area contributed by atoms with Gasteiger partial charge in [0, 0.05) is 22.3 Å². The van der Waals surface area contributed by atoms with Gasteiger partial charge >= 0.3 is 0 Å². The van der Waals surface area contributed by atoms with E-state index in [0.29, 0.717) is 0 Å². The van der Waals surface area contributed by atoms with E-state index in [1.165, 1.54) is 0 Å². The van der Waals surface area contributed by atoms with E-state index in [2.05, 4.69) is 121 Å². The Kier molecular flexibility index (Phi) is 10.9. The fourth-order valence-electron chi connectivity index (χ4n) is 6.33. The second-order valence-electron chi connectivity index (χ2n) is 12.4. The van der Waals surface area contributed by atoms with Gasteiger partial charge in [-0.2, -0.15) is 0 Å². The first-order valence-corrected chi connectivity index (χ1v) is 17.6. The van der Waals surface area contributed by atoms with Crippen LogP contribution in [0, 0.1) is 0 Å². The molecule has 0 saturated heterocycles. The number of hydrogen-bond acceptors (Lipinski definition) is 6. The summed E-state index contributed by atoms with van der Waals surface area (Å²) in [4.78, 5) is 10.4. The van der Waals surface area contributed by atoms with Crippen LogP contribution in [0.15, 0.2) is 146 Å². The first-order chi connectivity index (χ1) is 26.6. The summed E-state index contributed by atoms with van der Waals surface area (Å²) >= 11 is 0. The van der Waals surface area contributed by atoms with Gasteiger partial charge in [-0.3, -0.25) is 0 Å². The smallest absolute Gasteiger partial charge is 0.118 e. The van der Waals surface area contributed by atoms with Crippen molar-refractivity contribution in [1.29, 1.82) is 0 Å². The molecule has 7 rings (SSSR count). The molecular formula is C48H40N2O4. The number of fused-ring (bicyclic) bond motifs is 4. The Morgan fingerprint density at radius 1 is 0.278 bits per heavy atom. The Balaban J connectivity index is 1.51. The summed E-state index contributed by atoms with van der Waals surface area (Å²) in [6.45, 7) is 0. The number of ether oxygens (including phenoxy) is 4. The lowest BCUT2D eigenvalue weighted by atomic mass is 10.0. The molecule has 54 heavy (non-hydrogen) atoms. The van der Waals surface area contributed by atoms with E-state index in [-0.39, 0.29) is 0 Å². The molecule has 6 heteroatoms. The third kappa shape index (κ3) is 7.93. The maximum atomic E-state index is 5.46. The summed E-state index contributed by atoms with van der Waals surface area (Å²) in [5, 5.41) is 0. The Labute approximate surface area is 316 Å².